The fourth-order valence-corrected chi connectivity index (χ4v) is 1.40. The third-order valence-electron chi connectivity index (χ3n) is 2.35. The SMILES string of the molecule is C=C(C)COCCNC(=O)Nc1ccc(C(F)(F)F)cc1. The normalized spacial score (nSPS) is 11.0. The molecule has 4 nitrogen and oxygen atoms in total. The van der Waals surface area contributed by atoms with E-state index in [0.29, 0.717) is 19.8 Å². The summed E-state index contributed by atoms with van der Waals surface area (Å²) in [6, 6.07) is 3.70. The summed E-state index contributed by atoms with van der Waals surface area (Å²) >= 11 is 0. The van der Waals surface area contributed by atoms with E-state index < -0.39 is 17.8 Å². The molecular formula is C14H17F3N2O2. The van der Waals surface area contributed by atoms with Gasteiger partial charge in [0.15, 0.2) is 0 Å². The molecule has 0 spiro atoms. The number of hydrogen-bond acceptors (Lipinski definition) is 2. The van der Waals surface area contributed by atoms with Gasteiger partial charge in [-0.1, -0.05) is 12.2 Å². The first-order chi connectivity index (χ1) is 9.79. The van der Waals surface area contributed by atoms with Crippen LogP contribution in [0.1, 0.15) is 12.5 Å². The van der Waals surface area contributed by atoms with Gasteiger partial charge in [0.05, 0.1) is 18.8 Å². The van der Waals surface area contributed by atoms with Crippen LogP contribution < -0.4 is 10.6 Å². The zero-order valence-electron chi connectivity index (χ0n) is 11.6. The van der Waals surface area contributed by atoms with Crippen LogP contribution in [0.15, 0.2) is 36.4 Å². The monoisotopic (exact) mass is 302 g/mol. The van der Waals surface area contributed by atoms with Crippen LogP contribution in [0.2, 0.25) is 0 Å². The zero-order chi connectivity index (χ0) is 15.9. The van der Waals surface area contributed by atoms with Crippen molar-refractivity contribution in [2.24, 2.45) is 0 Å². The number of nitrogens with one attached hydrogen (secondary N) is 2. The summed E-state index contributed by atoms with van der Waals surface area (Å²) in [7, 11) is 0. The first kappa shape index (κ1) is 17.0. The van der Waals surface area contributed by atoms with Gasteiger partial charge in [-0.15, -0.1) is 0 Å². The number of hydrogen-bond donors (Lipinski definition) is 2. The molecule has 116 valence electrons. The molecule has 0 saturated heterocycles. The van der Waals surface area contributed by atoms with E-state index in [1.807, 2.05) is 6.92 Å². The van der Waals surface area contributed by atoms with Crippen LogP contribution in [0.5, 0.6) is 0 Å². The summed E-state index contributed by atoms with van der Waals surface area (Å²) in [5.74, 6) is 0. The van der Waals surface area contributed by atoms with Gasteiger partial charge in [-0.2, -0.15) is 13.2 Å². The highest BCUT2D eigenvalue weighted by atomic mass is 19.4. The number of anilines is 1. The molecule has 1 aromatic carbocycles. The van der Waals surface area contributed by atoms with Crippen molar-refractivity contribution < 1.29 is 22.7 Å². The van der Waals surface area contributed by atoms with Gasteiger partial charge in [-0.3, -0.25) is 0 Å². The molecule has 0 aromatic heterocycles. The summed E-state index contributed by atoms with van der Waals surface area (Å²) in [5, 5.41) is 4.95. The number of carbonyl (C=O) groups excluding carboxylic acids is 1. The van der Waals surface area contributed by atoms with Crippen molar-refractivity contribution in [3.05, 3.63) is 42.0 Å². The van der Waals surface area contributed by atoms with Crippen molar-refractivity contribution in [2.45, 2.75) is 13.1 Å². The van der Waals surface area contributed by atoms with E-state index in [1.165, 1.54) is 12.1 Å². The smallest absolute Gasteiger partial charge is 0.375 e. The second-order valence-corrected chi connectivity index (χ2v) is 4.47. The van der Waals surface area contributed by atoms with Gasteiger partial charge in [0, 0.05) is 12.2 Å². The molecule has 0 fully saturated rings. The Kier molecular flexibility index (Phi) is 6.23. The highest BCUT2D eigenvalue weighted by Crippen LogP contribution is 2.29. The Labute approximate surface area is 121 Å². The number of halogens is 3. The van der Waals surface area contributed by atoms with Crippen molar-refractivity contribution in [1.29, 1.82) is 0 Å². The average molecular weight is 302 g/mol. The predicted molar refractivity (Wildman–Crippen MR) is 74.1 cm³/mol. The van der Waals surface area contributed by atoms with Crippen molar-refractivity contribution in [3.63, 3.8) is 0 Å². The number of benzene rings is 1. The van der Waals surface area contributed by atoms with E-state index in [1.54, 1.807) is 0 Å². The molecule has 21 heavy (non-hydrogen) atoms. The molecule has 1 aromatic rings. The van der Waals surface area contributed by atoms with E-state index >= 15 is 0 Å². The fraction of sp³-hybridized carbons (Fsp3) is 0.357. The minimum Gasteiger partial charge on any atom is -0.375 e. The highest BCUT2D eigenvalue weighted by Gasteiger charge is 2.29. The third-order valence-corrected chi connectivity index (χ3v) is 2.35. The number of carbonyl (C=O) groups is 1. The molecule has 2 amide bonds. The Morgan fingerprint density at radius 1 is 1.29 bits per heavy atom. The average Bonchev–Trinajstić information content (AvgIpc) is 2.37. The van der Waals surface area contributed by atoms with Crippen molar-refractivity contribution in [1.82, 2.24) is 5.32 Å². The Balaban J connectivity index is 2.33. The summed E-state index contributed by atoms with van der Waals surface area (Å²) < 4.78 is 42.3. The standard InChI is InChI=1S/C14H17F3N2O2/c1-10(2)9-21-8-7-18-13(20)19-12-5-3-11(4-6-12)14(15,16)17/h3-6H,1,7-9H2,2H3,(H2,18,19,20). The topological polar surface area (TPSA) is 50.4 Å². The maximum atomic E-state index is 12.4. The summed E-state index contributed by atoms with van der Waals surface area (Å²) in [4.78, 5) is 11.5. The first-order valence-corrected chi connectivity index (χ1v) is 6.23. The quantitative estimate of drug-likeness (QED) is 0.625. The van der Waals surface area contributed by atoms with Gasteiger partial charge in [0.1, 0.15) is 0 Å². The minimum atomic E-state index is -4.39. The van der Waals surface area contributed by atoms with Crippen LogP contribution in [0, 0.1) is 0 Å². The first-order valence-electron chi connectivity index (χ1n) is 6.23. The predicted octanol–water partition coefficient (Wildman–Crippen LogP) is 3.42. The Morgan fingerprint density at radius 2 is 1.90 bits per heavy atom. The lowest BCUT2D eigenvalue weighted by Crippen LogP contribution is -2.31. The molecular weight excluding hydrogens is 285 g/mol. The van der Waals surface area contributed by atoms with Gasteiger partial charge in [0.25, 0.3) is 0 Å². The Hall–Kier alpha value is -2.02. The van der Waals surface area contributed by atoms with Gasteiger partial charge in [-0.25, -0.2) is 4.79 Å². The largest absolute Gasteiger partial charge is 0.416 e. The third kappa shape index (κ3) is 6.80. The van der Waals surface area contributed by atoms with Gasteiger partial charge in [0.2, 0.25) is 0 Å². The molecule has 0 aliphatic heterocycles. The lowest BCUT2D eigenvalue weighted by Gasteiger charge is -2.10. The van der Waals surface area contributed by atoms with Crippen molar-refractivity contribution in [2.75, 3.05) is 25.1 Å². The zero-order valence-corrected chi connectivity index (χ0v) is 11.6. The number of urea groups is 1. The van der Waals surface area contributed by atoms with Crippen LogP contribution in [0.4, 0.5) is 23.7 Å². The van der Waals surface area contributed by atoms with Crippen molar-refractivity contribution >= 4 is 11.7 Å². The minimum absolute atomic E-state index is 0.281. The van der Waals surface area contributed by atoms with Crippen LogP contribution in [-0.4, -0.2) is 25.8 Å². The van der Waals surface area contributed by atoms with Crippen LogP contribution in [-0.2, 0) is 10.9 Å². The molecule has 0 aliphatic carbocycles. The molecule has 0 unspecified atom stereocenters. The second kappa shape index (κ2) is 7.68. The molecule has 0 bridgehead atoms. The molecule has 2 N–H and O–H groups in total. The number of ether oxygens (including phenoxy) is 1. The van der Waals surface area contributed by atoms with E-state index in [0.717, 1.165) is 17.7 Å². The van der Waals surface area contributed by atoms with Gasteiger partial charge in [-0.05, 0) is 31.2 Å². The summed E-state index contributed by atoms with van der Waals surface area (Å²) in [5.41, 5.74) is 0.397. The van der Waals surface area contributed by atoms with Crippen LogP contribution in [0.3, 0.4) is 0 Å². The number of rotatable bonds is 6. The Bertz CT molecular complexity index is 484. The maximum absolute atomic E-state index is 12.4. The summed E-state index contributed by atoms with van der Waals surface area (Å²) in [6.45, 7) is 6.52. The van der Waals surface area contributed by atoms with E-state index in [4.69, 9.17) is 4.74 Å². The fourth-order valence-electron chi connectivity index (χ4n) is 1.40. The van der Waals surface area contributed by atoms with E-state index in [-0.39, 0.29) is 5.69 Å². The van der Waals surface area contributed by atoms with E-state index in [2.05, 4.69) is 17.2 Å². The summed E-state index contributed by atoms with van der Waals surface area (Å²) in [6.07, 6.45) is -4.39. The molecule has 1 rings (SSSR count). The Morgan fingerprint density at radius 3 is 2.43 bits per heavy atom. The molecule has 0 radical (unpaired) electrons. The molecule has 7 heteroatoms. The van der Waals surface area contributed by atoms with Crippen LogP contribution >= 0.6 is 0 Å². The van der Waals surface area contributed by atoms with Crippen molar-refractivity contribution in [3.8, 4) is 0 Å². The molecule has 0 saturated carbocycles. The molecule has 0 aliphatic rings. The van der Waals surface area contributed by atoms with Crippen LogP contribution in [0.25, 0.3) is 0 Å². The van der Waals surface area contributed by atoms with Gasteiger partial charge >= 0.3 is 12.2 Å². The van der Waals surface area contributed by atoms with Gasteiger partial charge < -0.3 is 15.4 Å². The lowest BCUT2D eigenvalue weighted by atomic mass is 10.2. The maximum Gasteiger partial charge on any atom is 0.416 e. The van der Waals surface area contributed by atoms with E-state index in [9.17, 15) is 18.0 Å². The lowest BCUT2D eigenvalue weighted by molar-refractivity contribution is -0.137. The number of amides is 2. The molecule has 0 heterocycles. The highest BCUT2D eigenvalue weighted by molar-refractivity contribution is 5.89. The second-order valence-electron chi connectivity index (χ2n) is 4.47. The molecule has 0 atom stereocenters. The number of alkyl halides is 3.